The lowest BCUT2D eigenvalue weighted by atomic mass is 10.3. The number of nitrogens with zero attached hydrogens (tertiary/aromatic N) is 4. The molecule has 0 spiro atoms. The van der Waals surface area contributed by atoms with Gasteiger partial charge in [-0.15, -0.1) is 5.10 Å². The molecule has 1 amide bonds. The molecule has 1 heterocycles. The summed E-state index contributed by atoms with van der Waals surface area (Å²) < 4.78 is 1.83. The molecule has 1 aliphatic carbocycles. The highest BCUT2D eigenvalue weighted by Gasteiger charge is 2.23. The molecule has 0 aliphatic heterocycles. The average molecular weight is 241 g/mol. The maximum absolute atomic E-state index is 11.0. The number of rotatable bonds is 4. The molecular weight excluding hydrogens is 226 g/mol. The lowest BCUT2D eigenvalue weighted by molar-refractivity contribution is -0.117. The van der Waals surface area contributed by atoms with Crippen LogP contribution in [0, 0.1) is 0 Å². The van der Waals surface area contributed by atoms with Crippen LogP contribution in [0.2, 0.25) is 0 Å². The second kappa shape index (κ2) is 4.82. The van der Waals surface area contributed by atoms with E-state index < -0.39 is 0 Å². The van der Waals surface area contributed by atoms with Crippen molar-refractivity contribution in [2.45, 2.75) is 49.1 Å². The molecule has 1 saturated carbocycles. The summed E-state index contributed by atoms with van der Waals surface area (Å²) in [5, 5.41) is 12.0. The fourth-order valence-corrected chi connectivity index (χ4v) is 2.67. The molecule has 7 heteroatoms. The van der Waals surface area contributed by atoms with Crippen LogP contribution in [0.5, 0.6) is 0 Å². The zero-order valence-corrected chi connectivity index (χ0v) is 9.98. The highest BCUT2D eigenvalue weighted by molar-refractivity contribution is 8.00. The molecule has 1 aromatic heterocycles. The Morgan fingerprint density at radius 1 is 1.56 bits per heavy atom. The molecule has 0 saturated heterocycles. The summed E-state index contributed by atoms with van der Waals surface area (Å²) in [6.45, 7) is 1.76. The predicted molar refractivity (Wildman–Crippen MR) is 59.8 cm³/mol. The lowest BCUT2D eigenvalue weighted by Crippen LogP contribution is -2.23. The van der Waals surface area contributed by atoms with E-state index in [-0.39, 0.29) is 11.2 Å². The summed E-state index contributed by atoms with van der Waals surface area (Å²) in [7, 11) is 0. The Labute approximate surface area is 98.0 Å². The van der Waals surface area contributed by atoms with Gasteiger partial charge in [0.1, 0.15) is 0 Å². The first-order chi connectivity index (χ1) is 7.68. The monoisotopic (exact) mass is 241 g/mol. The normalized spacial score (nSPS) is 18.8. The first-order valence-electron chi connectivity index (χ1n) is 5.42. The van der Waals surface area contributed by atoms with Crippen LogP contribution in [0.15, 0.2) is 5.16 Å². The van der Waals surface area contributed by atoms with Crippen LogP contribution in [-0.2, 0) is 4.79 Å². The van der Waals surface area contributed by atoms with Crippen molar-refractivity contribution >= 4 is 17.7 Å². The molecule has 2 N–H and O–H groups in total. The molecule has 16 heavy (non-hydrogen) atoms. The van der Waals surface area contributed by atoms with Crippen molar-refractivity contribution in [3.63, 3.8) is 0 Å². The van der Waals surface area contributed by atoms with Gasteiger partial charge in [-0.1, -0.05) is 24.6 Å². The quantitative estimate of drug-likeness (QED) is 0.786. The SMILES string of the molecule is C[C@@H](Sc1nnnn1C1CCCC1)C(N)=O. The van der Waals surface area contributed by atoms with E-state index in [1.54, 1.807) is 6.92 Å². The summed E-state index contributed by atoms with van der Waals surface area (Å²) in [5.74, 6) is -0.342. The van der Waals surface area contributed by atoms with Gasteiger partial charge < -0.3 is 5.73 Å². The Kier molecular flexibility index (Phi) is 3.42. The maximum Gasteiger partial charge on any atom is 0.230 e. The van der Waals surface area contributed by atoms with Gasteiger partial charge in [-0.25, -0.2) is 4.68 Å². The molecule has 6 nitrogen and oxygen atoms in total. The topological polar surface area (TPSA) is 86.7 Å². The minimum Gasteiger partial charge on any atom is -0.369 e. The Morgan fingerprint density at radius 2 is 2.25 bits per heavy atom. The van der Waals surface area contributed by atoms with Gasteiger partial charge >= 0.3 is 0 Å². The van der Waals surface area contributed by atoms with Crippen molar-refractivity contribution in [1.29, 1.82) is 0 Å². The number of aromatic nitrogens is 4. The minimum atomic E-state index is -0.342. The average Bonchev–Trinajstić information content (AvgIpc) is 2.85. The van der Waals surface area contributed by atoms with Gasteiger partial charge in [0.15, 0.2) is 0 Å². The summed E-state index contributed by atoms with van der Waals surface area (Å²) in [6, 6.07) is 0.387. The zero-order valence-electron chi connectivity index (χ0n) is 9.17. The van der Waals surface area contributed by atoms with Gasteiger partial charge in [-0.2, -0.15) is 0 Å². The molecule has 1 aliphatic rings. The smallest absolute Gasteiger partial charge is 0.230 e. The van der Waals surface area contributed by atoms with Gasteiger partial charge in [0.05, 0.1) is 11.3 Å². The molecule has 1 atom stereocenters. The molecule has 0 bridgehead atoms. The number of nitrogens with two attached hydrogens (primary N) is 1. The van der Waals surface area contributed by atoms with Crippen LogP contribution in [0.1, 0.15) is 38.6 Å². The number of carbonyl (C=O) groups excluding carboxylic acids is 1. The van der Waals surface area contributed by atoms with Gasteiger partial charge in [-0.05, 0) is 30.2 Å². The van der Waals surface area contributed by atoms with Crippen molar-refractivity contribution in [2.24, 2.45) is 5.73 Å². The number of tetrazole rings is 1. The van der Waals surface area contributed by atoms with Gasteiger partial charge in [-0.3, -0.25) is 4.79 Å². The van der Waals surface area contributed by atoms with E-state index in [1.807, 2.05) is 4.68 Å². The molecule has 1 fully saturated rings. The molecular formula is C9H15N5OS. The third-order valence-corrected chi connectivity index (χ3v) is 3.88. The Balaban J connectivity index is 2.09. The maximum atomic E-state index is 11.0. The fraction of sp³-hybridized carbons (Fsp3) is 0.778. The third kappa shape index (κ3) is 2.34. The molecule has 0 aromatic carbocycles. The number of carbonyl (C=O) groups is 1. The number of primary amides is 1. The van der Waals surface area contributed by atoms with E-state index in [4.69, 9.17) is 5.73 Å². The van der Waals surface area contributed by atoms with Gasteiger partial charge in [0.25, 0.3) is 0 Å². The first-order valence-corrected chi connectivity index (χ1v) is 6.30. The highest BCUT2D eigenvalue weighted by atomic mass is 32.2. The van der Waals surface area contributed by atoms with Crippen molar-refractivity contribution in [2.75, 3.05) is 0 Å². The van der Waals surface area contributed by atoms with Crippen molar-refractivity contribution in [3.8, 4) is 0 Å². The Morgan fingerprint density at radius 3 is 2.88 bits per heavy atom. The summed E-state index contributed by atoms with van der Waals surface area (Å²) in [4.78, 5) is 11.0. The molecule has 0 unspecified atom stereocenters. The largest absolute Gasteiger partial charge is 0.369 e. The molecule has 2 rings (SSSR count). The van der Waals surface area contributed by atoms with Crippen LogP contribution < -0.4 is 5.73 Å². The second-order valence-electron chi connectivity index (χ2n) is 4.01. The molecule has 1 aromatic rings. The lowest BCUT2D eigenvalue weighted by Gasteiger charge is -2.12. The van der Waals surface area contributed by atoms with Crippen LogP contribution in [0.4, 0.5) is 0 Å². The summed E-state index contributed by atoms with van der Waals surface area (Å²) in [6.07, 6.45) is 4.67. The highest BCUT2D eigenvalue weighted by Crippen LogP contribution is 2.32. The Hall–Kier alpha value is -1.11. The number of hydrogen-bond donors (Lipinski definition) is 1. The van der Waals surface area contributed by atoms with E-state index in [0.717, 1.165) is 12.8 Å². The second-order valence-corrected chi connectivity index (χ2v) is 5.31. The molecule has 88 valence electrons. The first kappa shape index (κ1) is 11.4. The summed E-state index contributed by atoms with van der Waals surface area (Å²) >= 11 is 1.32. The minimum absolute atomic E-state index is 0.300. The standard InChI is InChI=1S/C9H15N5OS/c1-6(8(10)15)16-9-11-12-13-14(9)7-4-2-3-5-7/h6-7H,2-5H2,1H3,(H2,10,15)/t6-/m1/s1. The van der Waals surface area contributed by atoms with Crippen LogP contribution in [0.25, 0.3) is 0 Å². The van der Waals surface area contributed by atoms with Gasteiger partial charge in [0, 0.05) is 0 Å². The number of amides is 1. The van der Waals surface area contributed by atoms with E-state index in [9.17, 15) is 4.79 Å². The fourth-order valence-electron chi connectivity index (χ4n) is 1.86. The van der Waals surface area contributed by atoms with E-state index in [0.29, 0.717) is 11.2 Å². The number of thioether (sulfide) groups is 1. The van der Waals surface area contributed by atoms with Crippen molar-refractivity contribution < 1.29 is 4.79 Å². The van der Waals surface area contributed by atoms with E-state index in [2.05, 4.69) is 15.5 Å². The van der Waals surface area contributed by atoms with E-state index in [1.165, 1.54) is 24.6 Å². The molecule has 0 radical (unpaired) electrons. The third-order valence-electron chi connectivity index (χ3n) is 2.82. The predicted octanol–water partition coefficient (Wildman–Crippen LogP) is 0.754. The van der Waals surface area contributed by atoms with Crippen LogP contribution >= 0.6 is 11.8 Å². The number of hydrogen-bond acceptors (Lipinski definition) is 5. The summed E-state index contributed by atoms with van der Waals surface area (Å²) in [5.41, 5.74) is 5.22. The van der Waals surface area contributed by atoms with E-state index >= 15 is 0 Å². The zero-order chi connectivity index (χ0) is 11.5. The van der Waals surface area contributed by atoms with Crippen LogP contribution in [0.3, 0.4) is 0 Å². The van der Waals surface area contributed by atoms with Crippen LogP contribution in [-0.4, -0.2) is 31.4 Å². The Bertz CT molecular complexity index is 374. The van der Waals surface area contributed by atoms with Crippen molar-refractivity contribution in [1.82, 2.24) is 20.2 Å². The van der Waals surface area contributed by atoms with Gasteiger partial charge in [0.2, 0.25) is 11.1 Å². The van der Waals surface area contributed by atoms with Crippen molar-refractivity contribution in [3.05, 3.63) is 0 Å².